The number of thioether (sulfide) groups is 2. The van der Waals surface area contributed by atoms with E-state index in [0.717, 1.165) is 22.2 Å². The maximum atomic E-state index is 13.0. The number of carbonyl (C=O) groups excluding carboxylic acids is 4. The Morgan fingerprint density at radius 1 is 1.22 bits per heavy atom. The predicted molar refractivity (Wildman–Crippen MR) is 163 cm³/mol. The van der Waals surface area contributed by atoms with Gasteiger partial charge in [0.15, 0.2) is 0 Å². The number of nitrogens with two attached hydrogens (primary N) is 1. The summed E-state index contributed by atoms with van der Waals surface area (Å²) in [6, 6.07) is 13.4. The van der Waals surface area contributed by atoms with Crippen LogP contribution in [0.3, 0.4) is 0 Å². The number of nitrogens with zero attached hydrogens (tertiary/aromatic N) is 2. The number of likely N-dealkylation sites (N-methyl/N-ethyl adjacent to an activating group) is 1. The third-order valence-corrected chi connectivity index (χ3v) is 9.32. The molecule has 2 aliphatic heterocycles. The van der Waals surface area contributed by atoms with E-state index in [9.17, 15) is 19.2 Å². The average Bonchev–Trinajstić information content (AvgIpc) is 2.96. The van der Waals surface area contributed by atoms with Gasteiger partial charge in [-0.25, -0.2) is 0 Å². The molecular weight excluding hydrogens is 584 g/mol. The fourth-order valence-electron chi connectivity index (χ4n) is 4.68. The number of esters is 1. The zero-order valence-electron chi connectivity index (χ0n) is 23.0. The smallest absolute Gasteiger partial charge is 0.319 e. The Labute approximate surface area is 253 Å². The highest BCUT2D eigenvalue weighted by atomic mass is 35.5. The first kappa shape index (κ1) is 31.1. The number of halogens is 1. The predicted octanol–water partition coefficient (Wildman–Crippen LogP) is 2.88. The number of amides is 2. The van der Waals surface area contributed by atoms with Crippen LogP contribution in [-0.4, -0.2) is 95.7 Å². The number of nitrogens with one attached hydrogen (secondary N) is 1. The number of hydrogen-bond acceptors (Lipinski definition) is 8. The van der Waals surface area contributed by atoms with Crippen molar-refractivity contribution in [2.75, 3.05) is 51.8 Å². The molecule has 2 atom stereocenters. The summed E-state index contributed by atoms with van der Waals surface area (Å²) in [5.41, 5.74) is 6.09. The maximum Gasteiger partial charge on any atom is 0.319 e. The molecule has 9 nitrogen and oxygen atoms in total. The van der Waals surface area contributed by atoms with Gasteiger partial charge in [-0.3, -0.25) is 24.1 Å². The summed E-state index contributed by atoms with van der Waals surface area (Å²) in [4.78, 5) is 51.7. The molecule has 2 amide bonds. The number of β-lactam (4-membered cyclic amide) rings is 1. The lowest BCUT2D eigenvalue weighted by Gasteiger charge is -2.49. The SMILES string of the molecule is C[N+](C)(C/C=C/C1=C(C(=O)Cl)N2C(=O)[C@@H](NC(=O)CSc3ccc4ccccc4c3)[C@H]2SC1)CCCOC(=O)CN. The van der Waals surface area contributed by atoms with Crippen LogP contribution in [0.5, 0.6) is 0 Å². The Balaban J connectivity index is 1.31. The van der Waals surface area contributed by atoms with Crippen molar-refractivity contribution < 1.29 is 28.4 Å². The zero-order valence-corrected chi connectivity index (χ0v) is 25.4. The normalized spacial score (nSPS) is 18.8. The summed E-state index contributed by atoms with van der Waals surface area (Å²) in [5, 5.41) is 3.99. The Morgan fingerprint density at radius 2 is 1.98 bits per heavy atom. The number of hydrogen-bond donors (Lipinski definition) is 2. The highest BCUT2D eigenvalue weighted by Crippen LogP contribution is 2.41. The Kier molecular flexibility index (Phi) is 10.5. The van der Waals surface area contributed by atoms with Crippen molar-refractivity contribution in [3.63, 3.8) is 0 Å². The molecule has 2 heterocycles. The second-order valence-corrected chi connectivity index (χ2v) is 12.9. The molecule has 218 valence electrons. The molecule has 2 aliphatic rings. The van der Waals surface area contributed by atoms with E-state index in [1.807, 2.05) is 68.7 Å². The fourth-order valence-corrected chi connectivity index (χ4v) is 6.97. The zero-order chi connectivity index (χ0) is 29.6. The molecule has 0 unspecified atom stereocenters. The Hall–Kier alpha value is -2.83. The minimum atomic E-state index is -0.703. The first-order valence-electron chi connectivity index (χ1n) is 13.2. The number of fused-ring (bicyclic) bond motifs is 2. The van der Waals surface area contributed by atoms with Gasteiger partial charge in [0.05, 0.1) is 46.1 Å². The molecule has 41 heavy (non-hydrogen) atoms. The summed E-state index contributed by atoms with van der Waals surface area (Å²) in [6.45, 7) is 1.61. The van der Waals surface area contributed by atoms with Crippen molar-refractivity contribution in [3.8, 4) is 0 Å². The molecular formula is C29H34ClN4O5S2+. The first-order chi connectivity index (χ1) is 19.6. The highest BCUT2D eigenvalue weighted by molar-refractivity contribution is 8.00. The van der Waals surface area contributed by atoms with Gasteiger partial charge in [-0.05, 0) is 46.2 Å². The van der Waals surface area contributed by atoms with Gasteiger partial charge in [-0.2, -0.15) is 0 Å². The van der Waals surface area contributed by atoms with Crippen molar-refractivity contribution in [1.29, 1.82) is 0 Å². The van der Waals surface area contributed by atoms with Crippen molar-refractivity contribution in [3.05, 3.63) is 65.9 Å². The van der Waals surface area contributed by atoms with Crippen molar-refractivity contribution in [1.82, 2.24) is 10.2 Å². The number of allylic oxidation sites excluding steroid dienone is 2. The van der Waals surface area contributed by atoms with E-state index >= 15 is 0 Å². The molecule has 0 aromatic heterocycles. The minimum Gasteiger partial charge on any atom is -0.465 e. The van der Waals surface area contributed by atoms with Crippen LogP contribution in [0.4, 0.5) is 0 Å². The van der Waals surface area contributed by atoms with E-state index < -0.39 is 17.3 Å². The first-order valence-corrected chi connectivity index (χ1v) is 15.6. The maximum absolute atomic E-state index is 13.0. The van der Waals surface area contributed by atoms with E-state index in [-0.39, 0.29) is 35.2 Å². The number of quaternary nitrogens is 1. The Morgan fingerprint density at radius 3 is 2.71 bits per heavy atom. The third kappa shape index (κ3) is 7.92. The summed E-state index contributed by atoms with van der Waals surface area (Å²) >= 11 is 8.84. The molecule has 2 aromatic carbocycles. The third-order valence-electron chi connectivity index (χ3n) is 6.85. The lowest BCUT2D eigenvalue weighted by Crippen LogP contribution is -2.70. The second kappa shape index (κ2) is 13.9. The molecule has 0 spiro atoms. The molecule has 0 bridgehead atoms. The van der Waals surface area contributed by atoms with E-state index in [4.69, 9.17) is 22.1 Å². The molecule has 12 heteroatoms. The summed E-state index contributed by atoms with van der Waals surface area (Å²) in [5.74, 6) is -0.346. The van der Waals surface area contributed by atoms with Gasteiger partial charge < -0.3 is 20.3 Å². The summed E-state index contributed by atoms with van der Waals surface area (Å²) < 4.78 is 5.66. The standard InChI is InChI=1S/C29H33ClN4O5S2/c1-34(2,13-6-14-39-24(36)16-31)12-5-9-21-17-41-29-25(28(38)33(29)26(21)27(30)37)32-23(35)18-40-22-11-10-19-7-3-4-8-20(19)15-22/h3-5,7-11,15,25,29H,6,12-14,16-18,31H2,1-2H3/p+1/b9-5+/t25-,29-/m1/s1. The van der Waals surface area contributed by atoms with E-state index in [2.05, 4.69) is 5.32 Å². The van der Waals surface area contributed by atoms with Crippen LogP contribution in [-0.2, 0) is 23.9 Å². The van der Waals surface area contributed by atoms with Crippen molar-refractivity contribution in [2.45, 2.75) is 22.7 Å². The fraction of sp³-hybridized carbons (Fsp3) is 0.379. The molecule has 2 aromatic rings. The average molecular weight is 618 g/mol. The molecule has 3 N–H and O–H groups in total. The second-order valence-electron chi connectivity index (χ2n) is 10.4. The van der Waals surface area contributed by atoms with Gasteiger partial charge in [0.1, 0.15) is 17.1 Å². The number of benzene rings is 2. The molecule has 1 fully saturated rings. The van der Waals surface area contributed by atoms with E-state index in [0.29, 0.717) is 35.4 Å². The van der Waals surface area contributed by atoms with Gasteiger partial charge in [-0.15, -0.1) is 23.5 Å². The summed E-state index contributed by atoms with van der Waals surface area (Å²) in [6.07, 6.45) is 4.48. The molecule has 1 saturated heterocycles. The molecule has 0 saturated carbocycles. The Bertz CT molecular complexity index is 1400. The van der Waals surface area contributed by atoms with Gasteiger partial charge >= 0.3 is 5.97 Å². The van der Waals surface area contributed by atoms with Gasteiger partial charge in [0.2, 0.25) is 5.91 Å². The van der Waals surface area contributed by atoms with Gasteiger partial charge in [0, 0.05) is 17.1 Å². The van der Waals surface area contributed by atoms with E-state index in [1.165, 1.54) is 28.4 Å². The van der Waals surface area contributed by atoms with Gasteiger partial charge in [-0.1, -0.05) is 36.4 Å². The topological polar surface area (TPSA) is 119 Å². The van der Waals surface area contributed by atoms with Crippen LogP contribution >= 0.6 is 35.1 Å². The number of carbonyl (C=O) groups is 4. The number of ether oxygens (including phenoxy) is 1. The summed E-state index contributed by atoms with van der Waals surface area (Å²) in [7, 11) is 4.10. The van der Waals surface area contributed by atoms with E-state index in [1.54, 1.807) is 0 Å². The number of rotatable bonds is 13. The minimum absolute atomic E-state index is 0.131. The highest BCUT2D eigenvalue weighted by Gasteiger charge is 2.53. The largest absolute Gasteiger partial charge is 0.465 e. The molecule has 0 radical (unpaired) electrons. The van der Waals surface area contributed by atoms with Crippen LogP contribution < -0.4 is 11.1 Å². The molecule has 4 rings (SSSR count). The van der Waals surface area contributed by atoms with Gasteiger partial charge in [0.25, 0.3) is 11.1 Å². The van der Waals surface area contributed by atoms with Crippen molar-refractivity contribution in [2.24, 2.45) is 5.73 Å². The van der Waals surface area contributed by atoms with Crippen LogP contribution in [0.15, 0.2) is 70.8 Å². The lowest BCUT2D eigenvalue weighted by atomic mass is 10.0. The monoisotopic (exact) mass is 617 g/mol. The van der Waals surface area contributed by atoms with Crippen LogP contribution in [0.2, 0.25) is 0 Å². The van der Waals surface area contributed by atoms with Crippen LogP contribution in [0.1, 0.15) is 6.42 Å². The van der Waals surface area contributed by atoms with Crippen LogP contribution in [0, 0.1) is 0 Å². The lowest BCUT2D eigenvalue weighted by molar-refractivity contribution is -0.884. The quantitative estimate of drug-likeness (QED) is 0.0880. The molecule has 0 aliphatic carbocycles. The van der Waals surface area contributed by atoms with Crippen LogP contribution in [0.25, 0.3) is 10.8 Å². The van der Waals surface area contributed by atoms with Crippen molar-refractivity contribution >= 4 is 68.9 Å².